The van der Waals surface area contributed by atoms with Crippen molar-refractivity contribution in [3.05, 3.63) is 65.0 Å². The van der Waals surface area contributed by atoms with Crippen LogP contribution in [0.4, 0.5) is 4.39 Å². The van der Waals surface area contributed by atoms with Crippen LogP contribution in [0.1, 0.15) is 29.7 Å². The Hall–Kier alpha value is -2.38. The van der Waals surface area contributed by atoms with Gasteiger partial charge in [0.05, 0.1) is 11.7 Å². The minimum atomic E-state index is -0.630. The Labute approximate surface area is 116 Å². The molecule has 2 aromatic rings. The van der Waals surface area contributed by atoms with Gasteiger partial charge in [0.1, 0.15) is 24.2 Å². The van der Waals surface area contributed by atoms with E-state index in [-0.39, 0.29) is 12.2 Å². The number of aliphatic hydroxyl groups excluding tert-OH is 1. The van der Waals surface area contributed by atoms with Crippen molar-refractivity contribution in [3.8, 4) is 11.8 Å². The summed E-state index contributed by atoms with van der Waals surface area (Å²) in [7, 11) is 0. The maximum Gasteiger partial charge on any atom is 0.140 e. The minimum Gasteiger partial charge on any atom is -0.489 e. The molecule has 0 heterocycles. The molecule has 0 spiro atoms. The molecule has 0 amide bonds. The quantitative estimate of drug-likeness (QED) is 0.928. The molecule has 2 rings (SSSR count). The molecule has 0 bridgehead atoms. The Bertz CT molecular complexity index is 647. The normalized spacial score (nSPS) is 11.7. The number of aliphatic hydroxyl groups is 1. The van der Waals surface area contributed by atoms with E-state index in [0.29, 0.717) is 16.9 Å². The number of nitriles is 1. The van der Waals surface area contributed by atoms with Gasteiger partial charge in [-0.3, -0.25) is 0 Å². The highest BCUT2D eigenvalue weighted by molar-refractivity contribution is 5.36. The molecule has 1 atom stereocenters. The first-order valence-electron chi connectivity index (χ1n) is 6.20. The fourth-order valence-corrected chi connectivity index (χ4v) is 1.87. The van der Waals surface area contributed by atoms with Crippen LogP contribution in [0.15, 0.2) is 42.5 Å². The zero-order chi connectivity index (χ0) is 14.5. The Morgan fingerprint density at radius 2 is 2.05 bits per heavy atom. The lowest BCUT2D eigenvalue weighted by Crippen LogP contribution is -2.01. The molecule has 0 aliphatic rings. The average molecular weight is 271 g/mol. The average Bonchev–Trinajstić information content (AvgIpc) is 2.46. The van der Waals surface area contributed by atoms with E-state index in [1.165, 1.54) is 12.1 Å². The molecule has 0 unspecified atom stereocenters. The zero-order valence-corrected chi connectivity index (χ0v) is 11.0. The van der Waals surface area contributed by atoms with E-state index in [4.69, 9.17) is 10.00 Å². The van der Waals surface area contributed by atoms with Crippen LogP contribution in [0, 0.1) is 17.1 Å². The van der Waals surface area contributed by atoms with Crippen LogP contribution in [0.3, 0.4) is 0 Å². The third kappa shape index (κ3) is 3.14. The Morgan fingerprint density at radius 3 is 2.75 bits per heavy atom. The largest absolute Gasteiger partial charge is 0.489 e. The molecular weight excluding hydrogens is 257 g/mol. The number of para-hydroxylation sites is 1. The van der Waals surface area contributed by atoms with Crippen LogP contribution in [0.2, 0.25) is 0 Å². The number of hydrogen-bond donors (Lipinski definition) is 1. The molecule has 3 nitrogen and oxygen atoms in total. The SMILES string of the molecule is C[C@@H](O)c1ccccc1OCc1ccc(F)c(C#N)c1. The van der Waals surface area contributed by atoms with Crippen molar-refractivity contribution < 1.29 is 14.2 Å². The molecule has 4 heteroatoms. The summed E-state index contributed by atoms with van der Waals surface area (Å²) >= 11 is 0. The van der Waals surface area contributed by atoms with Crippen LogP contribution in [-0.4, -0.2) is 5.11 Å². The summed E-state index contributed by atoms with van der Waals surface area (Å²) in [6.07, 6.45) is -0.630. The molecule has 0 saturated carbocycles. The van der Waals surface area contributed by atoms with Gasteiger partial charge in [0.25, 0.3) is 0 Å². The number of benzene rings is 2. The molecule has 0 radical (unpaired) electrons. The number of hydrogen-bond acceptors (Lipinski definition) is 3. The van der Waals surface area contributed by atoms with Gasteiger partial charge in [-0.25, -0.2) is 4.39 Å². The van der Waals surface area contributed by atoms with Crippen molar-refractivity contribution in [2.24, 2.45) is 0 Å². The van der Waals surface area contributed by atoms with E-state index in [2.05, 4.69) is 0 Å². The standard InChI is InChI=1S/C16H14FNO2/c1-11(19)14-4-2-3-5-16(14)20-10-12-6-7-15(17)13(8-12)9-18/h2-8,11,19H,10H2,1H3/t11-/m1/s1. The number of ether oxygens (including phenoxy) is 1. The van der Waals surface area contributed by atoms with Crippen molar-refractivity contribution >= 4 is 0 Å². The van der Waals surface area contributed by atoms with Crippen molar-refractivity contribution in [2.75, 3.05) is 0 Å². The second-order valence-corrected chi connectivity index (χ2v) is 4.43. The van der Waals surface area contributed by atoms with E-state index in [1.807, 2.05) is 12.1 Å². The minimum absolute atomic E-state index is 0.00471. The Balaban J connectivity index is 2.15. The third-order valence-electron chi connectivity index (χ3n) is 2.91. The van der Waals surface area contributed by atoms with Crippen LogP contribution in [0.5, 0.6) is 5.75 Å². The molecule has 20 heavy (non-hydrogen) atoms. The smallest absolute Gasteiger partial charge is 0.140 e. The van der Waals surface area contributed by atoms with Gasteiger partial charge in [-0.15, -0.1) is 0 Å². The van der Waals surface area contributed by atoms with E-state index in [0.717, 1.165) is 0 Å². The molecule has 0 saturated heterocycles. The highest BCUT2D eigenvalue weighted by atomic mass is 19.1. The summed E-state index contributed by atoms with van der Waals surface area (Å²) in [5, 5.41) is 18.4. The monoisotopic (exact) mass is 271 g/mol. The second-order valence-electron chi connectivity index (χ2n) is 4.43. The van der Waals surface area contributed by atoms with Gasteiger partial charge in [0, 0.05) is 5.56 Å². The molecule has 0 fully saturated rings. The Morgan fingerprint density at radius 1 is 1.30 bits per heavy atom. The maximum atomic E-state index is 13.2. The van der Waals surface area contributed by atoms with Crippen LogP contribution < -0.4 is 4.74 Å². The summed E-state index contributed by atoms with van der Waals surface area (Å²) in [5.74, 6) is 0.0333. The van der Waals surface area contributed by atoms with Crippen LogP contribution in [-0.2, 0) is 6.61 Å². The van der Waals surface area contributed by atoms with Gasteiger partial charge >= 0.3 is 0 Å². The number of rotatable bonds is 4. The number of halogens is 1. The number of nitrogens with zero attached hydrogens (tertiary/aromatic N) is 1. The third-order valence-corrected chi connectivity index (χ3v) is 2.91. The van der Waals surface area contributed by atoms with Gasteiger partial charge in [-0.2, -0.15) is 5.26 Å². The van der Waals surface area contributed by atoms with Crippen molar-refractivity contribution in [2.45, 2.75) is 19.6 Å². The van der Waals surface area contributed by atoms with Gasteiger partial charge in [-0.05, 0) is 30.7 Å². The summed E-state index contributed by atoms with van der Waals surface area (Å²) < 4.78 is 18.8. The van der Waals surface area contributed by atoms with E-state index in [9.17, 15) is 9.50 Å². The van der Waals surface area contributed by atoms with E-state index in [1.54, 1.807) is 31.2 Å². The molecule has 2 aromatic carbocycles. The summed E-state index contributed by atoms with van der Waals surface area (Å²) in [5.41, 5.74) is 1.38. The highest BCUT2D eigenvalue weighted by Crippen LogP contribution is 2.25. The summed E-state index contributed by atoms with van der Waals surface area (Å²) in [6.45, 7) is 1.87. The van der Waals surface area contributed by atoms with Crippen molar-refractivity contribution in [3.63, 3.8) is 0 Å². The molecule has 0 aliphatic carbocycles. The fourth-order valence-electron chi connectivity index (χ4n) is 1.87. The van der Waals surface area contributed by atoms with E-state index >= 15 is 0 Å². The molecular formula is C16H14FNO2. The molecule has 1 N–H and O–H groups in total. The lowest BCUT2D eigenvalue weighted by atomic mass is 10.1. The predicted octanol–water partition coefficient (Wildman–Crippen LogP) is 3.33. The zero-order valence-electron chi connectivity index (χ0n) is 11.0. The van der Waals surface area contributed by atoms with Gasteiger partial charge in [0.2, 0.25) is 0 Å². The molecule has 0 aliphatic heterocycles. The lowest BCUT2D eigenvalue weighted by molar-refractivity contribution is 0.190. The van der Waals surface area contributed by atoms with E-state index < -0.39 is 11.9 Å². The summed E-state index contributed by atoms with van der Waals surface area (Å²) in [6, 6.07) is 13.2. The lowest BCUT2D eigenvalue weighted by Gasteiger charge is -2.13. The van der Waals surface area contributed by atoms with Gasteiger partial charge < -0.3 is 9.84 Å². The fraction of sp³-hybridized carbons (Fsp3) is 0.188. The van der Waals surface area contributed by atoms with Crippen LogP contribution in [0.25, 0.3) is 0 Å². The highest BCUT2D eigenvalue weighted by Gasteiger charge is 2.09. The second kappa shape index (κ2) is 6.18. The molecule has 0 aromatic heterocycles. The maximum absolute atomic E-state index is 13.2. The van der Waals surface area contributed by atoms with Gasteiger partial charge in [0.15, 0.2) is 0 Å². The Kier molecular flexibility index (Phi) is 4.34. The summed E-state index contributed by atoms with van der Waals surface area (Å²) in [4.78, 5) is 0. The van der Waals surface area contributed by atoms with Gasteiger partial charge in [-0.1, -0.05) is 24.3 Å². The molecule has 102 valence electrons. The predicted molar refractivity (Wildman–Crippen MR) is 72.5 cm³/mol. The van der Waals surface area contributed by atoms with Crippen LogP contribution >= 0.6 is 0 Å². The van der Waals surface area contributed by atoms with Crippen molar-refractivity contribution in [1.82, 2.24) is 0 Å². The first-order valence-corrected chi connectivity index (χ1v) is 6.20. The first-order chi connectivity index (χ1) is 9.61. The first kappa shape index (κ1) is 14.0. The van der Waals surface area contributed by atoms with Crippen molar-refractivity contribution in [1.29, 1.82) is 5.26 Å². The topological polar surface area (TPSA) is 53.2 Å².